The third-order valence-electron chi connectivity index (χ3n) is 14.0. The zero-order chi connectivity index (χ0) is 52.6. The normalized spacial score (nSPS) is 17.7. The fourth-order valence-corrected chi connectivity index (χ4v) is 9.88. The number of piperidine rings is 2. The predicted molar refractivity (Wildman–Crippen MR) is 265 cm³/mol. The highest BCUT2D eigenvalue weighted by Crippen LogP contribution is 2.52. The lowest BCUT2D eigenvalue weighted by Gasteiger charge is -2.39. The molecule has 16 nitrogen and oxygen atoms in total. The van der Waals surface area contributed by atoms with Gasteiger partial charge in [0.2, 0.25) is 0 Å². The Morgan fingerprint density at radius 3 is 1.24 bits per heavy atom. The van der Waals surface area contributed by atoms with Gasteiger partial charge in [0.15, 0.2) is 23.1 Å². The molecule has 74 heavy (non-hydrogen) atoms. The highest BCUT2D eigenvalue weighted by Gasteiger charge is 2.54. The molecule has 2 aliphatic heterocycles. The van der Waals surface area contributed by atoms with E-state index in [1.807, 2.05) is 9.80 Å². The Balaban J connectivity index is 0.000000182. The van der Waals surface area contributed by atoms with Gasteiger partial charge in [-0.2, -0.15) is 10.2 Å². The minimum absolute atomic E-state index is 0.0798. The lowest BCUT2D eigenvalue weighted by molar-refractivity contribution is -0.131. The summed E-state index contributed by atoms with van der Waals surface area (Å²) in [5.41, 5.74) is 25.6. The van der Waals surface area contributed by atoms with Crippen molar-refractivity contribution in [1.82, 2.24) is 29.4 Å². The summed E-state index contributed by atoms with van der Waals surface area (Å²) in [5, 5.41) is 9.29. The number of rotatable bonds is 10. The van der Waals surface area contributed by atoms with Gasteiger partial charge < -0.3 is 42.2 Å². The van der Waals surface area contributed by atoms with Crippen LogP contribution in [0.4, 0.5) is 29.2 Å². The van der Waals surface area contributed by atoms with Crippen molar-refractivity contribution in [2.45, 2.75) is 88.4 Å². The minimum Gasteiger partial charge on any atom is -0.454 e. The Hall–Kier alpha value is -8.78. The number of amides is 4. The fraction of sp³-hybridized carbons (Fsp3) is 0.296. The molecular formula is C54H50F4N10O6. The van der Waals surface area contributed by atoms with Gasteiger partial charge in [-0.15, -0.1) is 0 Å². The van der Waals surface area contributed by atoms with E-state index >= 15 is 0 Å². The van der Waals surface area contributed by atoms with Gasteiger partial charge in [0.25, 0.3) is 23.6 Å². The maximum Gasteiger partial charge on any atom is 0.298 e. The monoisotopic (exact) mass is 1010 g/mol. The number of benzene rings is 4. The molecule has 2 aromatic heterocycles. The number of primary amides is 2. The fourth-order valence-electron chi connectivity index (χ4n) is 9.88. The second-order valence-electron chi connectivity index (χ2n) is 18.7. The van der Waals surface area contributed by atoms with Gasteiger partial charge in [-0.3, -0.25) is 19.2 Å². The first-order valence-electron chi connectivity index (χ1n) is 23.8. The molecule has 0 unspecified atom stereocenters. The van der Waals surface area contributed by atoms with E-state index in [9.17, 15) is 36.7 Å². The third kappa shape index (κ3) is 9.90. The highest BCUT2D eigenvalue weighted by molar-refractivity contribution is 6.04. The van der Waals surface area contributed by atoms with Crippen LogP contribution in [0.15, 0.2) is 84.9 Å². The van der Waals surface area contributed by atoms with Gasteiger partial charge in [-0.05, 0) is 150 Å². The SMILES string of the molecule is CC#CC(=O)N1C[C@@H](n2nc(-c3ccc(Oc4ccc(F)cc4F)cc3)c(C(N)=O)c2N)CCC12CC2.CC#CC(=O)N1C[C@H](n2nc(-c3ccc(Oc4ccc(F)cc4F)cc3)c(C(N)=O)c2N)CCC12CC2. The molecule has 4 fully saturated rings. The Morgan fingerprint density at radius 2 is 0.932 bits per heavy atom. The van der Waals surface area contributed by atoms with Crippen LogP contribution in [0.3, 0.4) is 0 Å². The number of anilines is 2. The molecule has 2 saturated heterocycles. The third-order valence-corrected chi connectivity index (χ3v) is 14.0. The summed E-state index contributed by atoms with van der Waals surface area (Å²) in [4.78, 5) is 53.7. The predicted octanol–water partition coefficient (Wildman–Crippen LogP) is 8.04. The summed E-state index contributed by atoms with van der Waals surface area (Å²) in [6, 6.07) is 18.4. The van der Waals surface area contributed by atoms with E-state index in [-0.39, 0.29) is 69.2 Å². The molecule has 2 saturated carbocycles. The van der Waals surface area contributed by atoms with Crippen LogP contribution in [0.2, 0.25) is 0 Å². The Bertz CT molecular complexity index is 3120. The number of aromatic nitrogens is 4. The van der Waals surface area contributed by atoms with Crippen LogP contribution in [0.5, 0.6) is 23.0 Å². The molecule has 0 bridgehead atoms. The van der Waals surface area contributed by atoms with Crippen LogP contribution < -0.4 is 32.4 Å². The molecule has 0 radical (unpaired) electrons. The van der Waals surface area contributed by atoms with Crippen molar-refractivity contribution < 1.29 is 46.2 Å². The van der Waals surface area contributed by atoms with Crippen molar-refractivity contribution in [3.8, 4) is 69.2 Å². The number of carbonyl (C=O) groups excluding carboxylic acids is 4. The summed E-state index contributed by atoms with van der Waals surface area (Å²) in [6.07, 6.45) is 6.84. The second kappa shape index (κ2) is 20.0. The average Bonchev–Trinajstić information content (AvgIpc) is 4.26. The van der Waals surface area contributed by atoms with Crippen LogP contribution in [0.25, 0.3) is 22.5 Å². The molecule has 2 atom stereocenters. The number of carbonyl (C=O) groups is 4. The first kappa shape index (κ1) is 50.2. The van der Waals surface area contributed by atoms with Gasteiger partial charge in [-0.1, -0.05) is 11.8 Å². The Kier molecular flexibility index (Phi) is 13.6. The Labute approximate surface area is 422 Å². The van der Waals surface area contributed by atoms with Gasteiger partial charge in [0, 0.05) is 47.4 Å². The molecule has 4 heterocycles. The number of hydrogen-bond donors (Lipinski definition) is 4. The van der Waals surface area contributed by atoms with Crippen LogP contribution in [0, 0.1) is 47.0 Å². The van der Waals surface area contributed by atoms with E-state index in [1.54, 1.807) is 71.7 Å². The van der Waals surface area contributed by atoms with Crippen molar-refractivity contribution in [1.29, 1.82) is 0 Å². The van der Waals surface area contributed by atoms with Crippen molar-refractivity contribution in [2.75, 3.05) is 24.6 Å². The molecule has 380 valence electrons. The summed E-state index contributed by atoms with van der Waals surface area (Å²) in [6.45, 7) is 4.02. The second-order valence-corrected chi connectivity index (χ2v) is 18.7. The van der Waals surface area contributed by atoms with Gasteiger partial charge in [0.05, 0.1) is 12.1 Å². The standard InChI is InChI=1S/2C27H25F2N5O3/c2*1-2-3-22(35)33-15-18(10-11-27(33)12-13-27)34-25(30)23(26(31)36)24(32-34)16-4-7-19(8-5-16)37-21-9-6-17(28)14-20(21)29/h2*4-9,14,18H,10-13,15,30H2,1H3,(H2,31,36)/t2*18-/m10/s1. The summed E-state index contributed by atoms with van der Waals surface area (Å²) in [5.74, 6) is 6.25. The average molecular weight is 1010 g/mol. The van der Waals surface area contributed by atoms with Crippen LogP contribution in [-0.4, -0.2) is 77.2 Å². The summed E-state index contributed by atoms with van der Waals surface area (Å²) in [7, 11) is 0. The number of nitrogens with two attached hydrogens (primary N) is 4. The molecular weight excluding hydrogens is 961 g/mol. The molecule has 4 aromatic carbocycles. The number of nitrogens with zero attached hydrogens (tertiary/aromatic N) is 6. The van der Waals surface area contributed by atoms with E-state index < -0.39 is 35.1 Å². The molecule has 10 rings (SSSR count). The van der Waals surface area contributed by atoms with Crippen molar-refractivity contribution in [2.24, 2.45) is 11.5 Å². The Morgan fingerprint density at radius 1 is 0.568 bits per heavy atom. The number of halogens is 4. The van der Waals surface area contributed by atoms with Gasteiger partial charge in [-0.25, -0.2) is 26.9 Å². The first-order valence-corrected chi connectivity index (χ1v) is 23.8. The van der Waals surface area contributed by atoms with E-state index in [0.29, 0.717) is 47.1 Å². The van der Waals surface area contributed by atoms with Crippen LogP contribution in [0.1, 0.15) is 98.0 Å². The zero-order valence-corrected chi connectivity index (χ0v) is 40.3. The smallest absolute Gasteiger partial charge is 0.298 e. The van der Waals surface area contributed by atoms with Gasteiger partial charge in [0.1, 0.15) is 57.3 Å². The summed E-state index contributed by atoms with van der Waals surface area (Å²) < 4.78 is 68.4. The molecule has 2 aliphatic carbocycles. The highest BCUT2D eigenvalue weighted by atomic mass is 19.1. The number of likely N-dealkylation sites (tertiary alicyclic amines) is 2. The van der Waals surface area contributed by atoms with Crippen molar-refractivity contribution >= 4 is 35.3 Å². The van der Waals surface area contributed by atoms with E-state index in [1.165, 1.54) is 12.1 Å². The minimum atomic E-state index is -0.829. The molecule has 8 N–H and O–H groups in total. The quantitative estimate of drug-likeness (QED) is 0.0762. The van der Waals surface area contributed by atoms with Crippen LogP contribution in [-0.2, 0) is 9.59 Å². The molecule has 4 amide bonds. The van der Waals surface area contributed by atoms with E-state index in [2.05, 4.69) is 33.9 Å². The largest absolute Gasteiger partial charge is 0.454 e. The number of nitrogen functional groups attached to an aromatic ring is 2. The topological polar surface area (TPSA) is 233 Å². The molecule has 4 aliphatic rings. The molecule has 2 spiro atoms. The number of hydrogen-bond acceptors (Lipinski definition) is 10. The van der Waals surface area contributed by atoms with Gasteiger partial charge >= 0.3 is 0 Å². The lowest BCUT2D eigenvalue weighted by atomic mass is 9.96. The van der Waals surface area contributed by atoms with E-state index in [0.717, 1.165) is 75.6 Å². The maximum absolute atomic E-state index is 13.9. The first-order chi connectivity index (χ1) is 35.4. The zero-order valence-electron chi connectivity index (χ0n) is 40.3. The van der Waals surface area contributed by atoms with Crippen molar-refractivity contribution in [3.63, 3.8) is 0 Å². The number of ether oxygens (including phenoxy) is 2. The van der Waals surface area contributed by atoms with E-state index in [4.69, 9.17) is 32.4 Å². The molecule has 6 aromatic rings. The lowest BCUT2D eigenvalue weighted by Crippen LogP contribution is -2.49. The van der Waals surface area contributed by atoms with Crippen molar-refractivity contribution in [3.05, 3.63) is 119 Å². The molecule has 20 heteroatoms. The van der Waals surface area contributed by atoms with Crippen LogP contribution >= 0.6 is 0 Å². The summed E-state index contributed by atoms with van der Waals surface area (Å²) >= 11 is 0. The maximum atomic E-state index is 13.9.